The molecular formula is C17H14ClN5O3S. The number of carbonyl (C=O) groups excluding carboxylic acids is 1. The first-order chi connectivity index (χ1) is 12.9. The molecule has 0 fully saturated rings. The second-order valence-electron chi connectivity index (χ2n) is 5.29. The summed E-state index contributed by atoms with van der Waals surface area (Å²) in [5, 5.41) is 5.73. The second-order valence-corrected chi connectivity index (χ2v) is 7.41. The molecule has 3 aromatic rings. The van der Waals surface area contributed by atoms with E-state index in [1.807, 2.05) is 0 Å². The highest BCUT2D eigenvalue weighted by Gasteiger charge is 2.15. The van der Waals surface area contributed by atoms with Crippen LogP contribution in [0.4, 0.5) is 22.1 Å². The maximum atomic E-state index is 12.3. The van der Waals surface area contributed by atoms with Crippen molar-refractivity contribution in [3.05, 3.63) is 72.0 Å². The number of hydrogen-bond acceptors (Lipinski definition) is 5. The third-order valence-corrected chi connectivity index (χ3v) is 4.88. The molecule has 0 atom stereocenters. The van der Waals surface area contributed by atoms with Gasteiger partial charge in [-0.25, -0.2) is 27.9 Å². The standard InChI is InChI=1S/C17H14ClN5O3S/c18-12-3-1-4-14(11-12)22-17(24)21-13-5-7-15(8-6-13)27(25,26)23-16-19-9-2-10-20-16/h1-11H,(H,19,20,23)(H2,21,22,24). The van der Waals surface area contributed by atoms with Gasteiger partial charge >= 0.3 is 6.03 Å². The zero-order chi connectivity index (χ0) is 19.3. The molecule has 0 aliphatic carbocycles. The Morgan fingerprint density at radius 1 is 0.889 bits per heavy atom. The predicted molar refractivity (Wildman–Crippen MR) is 103 cm³/mol. The smallest absolute Gasteiger partial charge is 0.308 e. The van der Waals surface area contributed by atoms with Gasteiger partial charge in [0, 0.05) is 28.8 Å². The summed E-state index contributed by atoms with van der Waals surface area (Å²) < 4.78 is 26.9. The number of rotatable bonds is 5. The molecule has 2 aromatic carbocycles. The molecule has 0 aliphatic rings. The number of halogens is 1. The maximum absolute atomic E-state index is 12.3. The molecule has 2 amide bonds. The molecule has 0 spiro atoms. The molecule has 0 aliphatic heterocycles. The van der Waals surface area contributed by atoms with Crippen molar-refractivity contribution in [2.45, 2.75) is 4.90 Å². The predicted octanol–water partition coefficient (Wildman–Crippen LogP) is 3.57. The molecule has 1 heterocycles. The van der Waals surface area contributed by atoms with Crippen LogP contribution < -0.4 is 15.4 Å². The molecule has 0 bridgehead atoms. The quantitative estimate of drug-likeness (QED) is 0.602. The van der Waals surface area contributed by atoms with Crippen LogP contribution in [-0.2, 0) is 10.0 Å². The Morgan fingerprint density at radius 2 is 1.56 bits per heavy atom. The van der Waals surface area contributed by atoms with Gasteiger partial charge in [0.15, 0.2) is 0 Å². The Balaban J connectivity index is 1.65. The lowest BCUT2D eigenvalue weighted by Crippen LogP contribution is -2.19. The fraction of sp³-hybridized carbons (Fsp3) is 0. The van der Waals surface area contributed by atoms with Gasteiger partial charge in [-0.15, -0.1) is 0 Å². The molecule has 3 rings (SSSR count). The lowest BCUT2D eigenvalue weighted by molar-refractivity contribution is 0.262. The molecule has 0 saturated heterocycles. The van der Waals surface area contributed by atoms with Crippen LogP contribution in [0, 0.1) is 0 Å². The van der Waals surface area contributed by atoms with E-state index in [9.17, 15) is 13.2 Å². The van der Waals surface area contributed by atoms with Crippen molar-refractivity contribution in [3.8, 4) is 0 Å². The molecular weight excluding hydrogens is 390 g/mol. The van der Waals surface area contributed by atoms with Crippen LogP contribution in [0.15, 0.2) is 71.9 Å². The minimum absolute atomic E-state index is 0.00996. The second kappa shape index (κ2) is 8.02. The normalized spacial score (nSPS) is 10.9. The first-order valence-corrected chi connectivity index (χ1v) is 9.52. The van der Waals surface area contributed by atoms with Gasteiger partial charge in [0.05, 0.1) is 4.90 Å². The Morgan fingerprint density at radius 3 is 2.22 bits per heavy atom. The number of nitrogens with zero attached hydrogens (tertiary/aromatic N) is 2. The van der Waals surface area contributed by atoms with Gasteiger partial charge in [-0.3, -0.25) is 0 Å². The van der Waals surface area contributed by atoms with Gasteiger partial charge in [-0.05, 0) is 48.5 Å². The minimum Gasteiger partial charge on any atom is -0.308 e. The summed E-state index contributed by atoms with van der Waals surface area (Å²) in [5.74, 6) is -0.0272. The van der Waals surface area contributed by atoms with Crippen molar-refractivity contribution in [1.29, 1.82) is 0 Å². The lowest BCUT2D eigenvalue weighted by Gasteiger charge is -2.09. The first-order valence-electron chi connectivity index (χ1n) is 7.66. The minimum atomic E-state index is -3.83. The van der Waals surface area contributed by atoms with E-state index in [0.717, 1.165) is 0 Å². The van der Waals surface area contributed by atoms with Crippen molar-refractivity contribution in [2.24, 2.45) is 0 Å². The molecule has 3 N–H and O–H groups in total. The Kier molecular flexibility index (Phi) is 5.53. The number of hydrogen-bond donors (Lipinski definition) is 3. The summed E-state index contributed by atoms with van der Waals surface area (Å²) in [6.07, 6.45) is 2.85. The van der Waals surface area contributed by atoms with Crippen LogP contribution in [0.25, 0.3) is 0 Å². The average molecular weight is 404 g/mol. The van der Waals surface area contributed by atoms with Gasteiger partial charge < -0.3 is 10.6 Å². The molecule has 0 radical (unpaired) electrons. The molecule has 8 nitrogen and oxygen atoms in total. The summed E-state index contributed by atoms with van der Waals surface area (Å²) in [7, 11) is -3.83. The third-order valence-electron chi connectivity index (χ3n) is 3.30. The van der Waals surface area contributed by atoms with E-state index in [2.05, 4.69) is 25.3 Å². The van der Waals surface area contributed by atoms with E-state index < -0.39 is 16.1 Å². The number of benzene rings is 2. The summed E-state index contributed by atoms with van der Waals surface area (Å²) in [4.78, 5) is 19.6. The zero-order valence-corrected chi connectivity index (χ0v) is 15.3. The van der Waals surface area contributed by atoms with Crippen LogP contribution in [0.3, 0.4) is 0 Å². The van der Waals surface area contributed by atoms with Crippen LogP contribution >= 0.6 is 11.6 Å². The van der Waals surface area contributed by atoms with Crippen LogP contribution in [0.1, 0.15) is 0 Å². The van der Waals surface area contributed by atoms with Crippen molar-refractivity contribution in [1.82, 2.24) is 9.97 Å². The van der Waals surface area contributed by atoms with E-state index in [0.29, 0.717) is 16.4 Å². The van der Waals surface area contributed by atoms with E-state index in [1.54, 1.807) is 30.3 Å². The largest absolute Gasteiger partial charge is 0.323 e. The Hall–Kier alpha value is -3.17. The average Bonchev–Trinajstić information content (AvgIpc) is 2.62. The Labute approximate surface area is 160 Å². The summed E-state index contributed by atoms with van der Waals surface area (Å²) in [6, 6.07) is 13.5. The van der Waals surface area contributed by atoms with E-state index in [-0.39, 0.29) is 10.8 Å². The molecule has 0 unspecified atom stereocenters. The van der Waals surface area contributed by atoms with Crippen molar-refractivity contribution in [2.75, 3.05) is 15.4 Å². The van der Waals surface area contributed by atoms with Gasteiger partial charge in [0.1, 0.15) is 0 Å². The van der Waals surface area contributed by atoms with Crippen LogP contribution in [0.2, 0.25) is 5.02 Å². The highest BCUT2D eigenvalue weighted by molar-refractivity contribution is 7.92. The fourth-order valence-corrected chi connectivity index (χ4v) is 3.26. The number of anilines is 3. The number of urea groups is 1. The van der Waals surface area contributed by atoms with Gasteiger partial charge in [-0.1, -0.05) is 17.7 Å². The monoisotopic (exact) mass is 403 g/mol. The molecule has 10 heteroatoms. The number of nitrogens with one attached hydrogen (secondary N) is 3. The first kappa shape index (κ1) is 18.6. The van der Waals surface area contributed by atoms with Gasteiger partial charge in [0.25, 0.3) is 10.0 Å². The van der Waals surface area contributed by atoms with Crippen molar-refractivity contribution in [3.63, 3.8) is 0 Å². The summed E-state index contributed by atoms with van der Waals surface area (Å²) >= 11 is 5.86. The van der Waals surface area contributed by atoms with Crippen molar-refractivity contribution < 1.29 is 13.2 Å². The third kappa shape index (κ3) is 5.16. The lowest BCUT2D eigenvalue weighted by atomic mass is 10.3. The molecule has 1 aromatic heterocycles. The Bertz CT molecular complexity index is 1040. The van der Waals surface area contributed by atoms with Crippen LogP contribution in [-0.4, -0.2) is 24.4 Å². The van der Waals surface area contributed by atoms with E-state index >= 15 is 0 Å². The highest BCUT2D eigenvalue weighted by atomic mass is 35.5. The topological polar surface area (TPSA) is 113 Å². The van der Waals surface area contributed by atoms with Crippen molar-refractivity contribution >= 4 is 45.0 Å². The summed E-state index contributed by atoms with van der Waals surface area (Å²) in [6.45, 7) is 0. The molecule has 27 heavy (non-hydrogen) atoms. The number of carbonyl (C=O) groups is 1. The zero-order valence-electron chi connectivity index (χ0n) is 13.8. The number of aromatic nitrogens is 2. The van der Waals surface area contributed by atoms with Gasteiger partial charge in [0.2, 0.25) is 5.95 Å². The number of amides is 2. The number of sulfonamides is 1. The van der Waals surface area contributed by atoms with Gasteiger partial charge in [-0.2, -0.15) is 0 Å². The molecule has 0 saturated carbocycles. The SMILES string of the molecule is O=C(Nc1ccc(S(=O)(=O)Nc2ncccn2)cc1)Nc1cccc(Cl)c1. The highest BCUT2D eigenvalue weighted by Crippen LogP contribution is 2.18. The fourth-order valence-electron chi connectivity index (χ4n) is 2.11. The maximum Gasteiger partial charge on any atom is 0.323 e. The molecule has 138 valence electrons. The van der Waals surface area contributed by atoms with E-state index in [4.69, 9.17) is 11.6 Å². The van der Waals surface area contributed by atoms with E-state index in [1.165, 1.54) is 36.7 Å². The summed E-state index contributed by atoms with van der Waals surface area (Å²) in [5.41, 5.74) is 0.954. The van der Waals surface area contributed by atoms with Crippen LogP contribution in [0.5, 0.6) is 0 Å².